The molecule has 61 heavy (non-hydrogen) atoms. The van der Waals surface area contributed by atoms with Crippen LogP contribution in [0, 0.1) is 0 Å². The van der Waals surface area contributed by atoms with E-state index in [0.717, 1.165) is 66.5 Å². The topological polar surface area (TPSA) is 56.7 Å². The molecule has 9 aromatic carbocycles. The quantitative estimate of drug-likeness (QED) is 0.174. The van der Waals surface area contributed by atoms with Crippen LogP contribution >= 0.6 is 11.3 Å². The number of benzene rings is 9. The Morgan fingerprint density at radius 1 is 0.377 bits per heavy atom. The average molecular weight is 797 g/mol. The Kier molecular flexibility index (Phi) is 7.41. The van der Waals surface area contributed by atoms with Crippen molar-refractivity contribution in [1.82, 2.24) is 19.5 Å². The second-order valence-corrected chi connectivity index (χ2v) is 16.6. The SMILES string of the molecule is c1ccc(-c2cccc(-c3nc(-c4ccc5sc6ccccc6c5c4)nc(-c4ccc5oc6ccccc6c5c4-n4c5ccccc5c5cc6ccccc6cc54)n3)c2)cc1. The predicted octanol–water partition coefficient (Wildman–Crippen LogP) is 15.1. The number of aromatic nitrogens is 4. The van der Waals surface area contributed by atoms with Crippen LogP contribution in [0.15, 0.2) is 199 Å². The molecule has 0 spiro atoms. The van der Waals surface area contributed by atoms with Gasteiger partial charge in [-0.15, -0.1) is 11.3 Å². The Hall–Kier alpha value is -7.93. The van der Waals surface area contributed by atoms with Crippen LogP contribution in [-0.2, 0) is 0 Å². The molecule has 0 atom stereocenters. The van der Waals surface area contributed by atoms with Gasteiger partial charge in [0, 0.05) is 53.0 Å². The van der Waals surface area contributed by atoms with Gasteiger partial charge in [0.25, 0.3) is 0 Å². The van der Waals surface area contributed by atoms with E-state index in [9.17, 15) is 0 Å². The van der Waals surface area contributed by atoms with Gasteiger partial charge < -0.3 is 8.98 Å². The smallest absolute Gasteiger partial charge is 0.166 e. The molecule has 0 amide bonds. The lowest BCUT2D eigenvalue weighted by Gasteiger charge is -2.16. The van der Waals surface area contributed by atoms with Crippen molar-refractivity contribution in [2.24, 2.45) is 0 Å². The number of hydrogen-bond donors (Lipinski definition) is 0. The number of nitrogens with zero attached hydrogens (tertiary/aromatic N) is 4. The van der Waals surface area contributed by atoms with E-state index in [1.54, 1.807) is 11.3 Å². The summed E-state index contributed by atoms with van der Waals surface area (Å²) in [5.74, 6) is 1.79. The molecule has 4 aromatic heterocycles. The molecule has 13 rings (SSSR count). The van der Waals surface area contributed by atoms with Crippen LogP contribution in [0.3, 0.4) is 0 Å². The number of fused-ring (bicyclic) bond motifs is 10. The summed E-state index contributed by atoms with van der Waals surface area (Å²) in [7, 11) is 0. The highest BCUT2D eigenvalue weighted by atomic mass is 32.1. The lowest BCUT2D eigenvalue weighted by molar-refractivity contribution is 0.669. The minimum atomic E-state index is 0.578. The van der Waals surface area contributed by atoms with Crippen LogP contribution in [0.25, 0.3) is 126 Å². The van der Waals surface area contributed by atoms with Gasteiger partial charge in [0.15, 0.2) is 17.5 Å². The largest absolute Gasteiger partial charge is 0.456 e. The third-order valence-electron chi connectivity index (χ3n) is 12.0. The van der Waals surface area contributed by atoms with Gasteiger partial charge >= 0.3 is 0 Å². The minimum absolute atomic E-state index is 0.578. The normalized spacial score (nSPS) is 11.9. The predicted molar refractivity (Wildman–Crippen MR) is 254 cm³/mol. The lowest BCUT2D eigenvalue weighted by atomic mass is 10.0. The maximum absolute atomic E-state index is 6.62. The molecule has 284 valence electrons. The van der Waals surface area contributed by atoms with Gasteiger partial charge in [-0.2, -0.15) is 0 Å². The van der Waals surface area contributed by atoms with E-state index in [0.29, 0.717) is 17.5 Å². The Morgan fingerprint density at radius 2 is 1.03 bits per heavy atom. The van der Waals surface area contributed by atoms with Crippen molar-refractivity contribution in [2.75, 3.05) is 0 Å². The summed E-state index contributed by atoms with van der Waals surface area (Å²) >= 11 is 1.81. The van der Waals surface area contributed by atoms with Gasteiger partial charge in [-0.3, -0.25) is 0 Å². The molecular formula is C55H32N4OS. The highest BCUT2D eigenvalue weighted by Crippen LogP contribution is 2.44. The summed E-state index contributed by atoms with van der Waals surface area (Å²) in [4.78, 5) is 16.2. The van der Waals surface area contributed by atoms with Gasteiger partial charge in [0.2, 0.25) is 0 Å². The molecular weight excluding hydrogens is 765 g/mol. The molecule has 0 aliphatic heterocycles. The second kappa shape index (κ2) is 13.3. The van der Waals surface area contributed by atoms with E-state index in [4.69, 9.17) is 19.4 Å². The molecule has 0 radical (unpaired) electrons. The third kappa shape index (κ3) is 5.36. The number of para-hydroxylation sites is 2. The Labute approximate surface area is 353 Å². The van der Waals surface area contributed by atoms with Crippen LogP contribution in [0.1, 0.15) is 0 Å². The molecule has 13 aromatic rings. The van der Waals surface area contributed by atoms with Crippen molar-refractivity contribution >= 4 is 86.0 Å². The van der Waals surface area contributed by atoms with Crippen molar-refractivity contribution < 1.29 is 4.42 Å². The fraction of sp³-hybridized carbons (Fsp3) is 0. The standard InChI is InChI=1S/C55H32N4OS/c1-2-13-33(14-3-1)34-17-12-18-37(29-34)53-56-54(38-25-28-50-44(31-38)40-20-8-11-24-49(40)61-50)58-55(57-53)42-26-27-48-51(41-21-7-10-23-47(41)60-48)52(42)59-45-22-9-6-19-39(45)43-30-35-15-4-5-16-36(35)32-46(43)59/h1-32H. The van der Waals surface area contributed by atoms with E-state index in [-0.39, 0.29) is 0 Å². The van der Waals surface area contributed by atoms with Crippen LogP contribution in [0.5, 0.6) is 0 Å². The first-order chi connectivity index (χ1) is 30.2. The summed E-state index contributed by atoms with van der Waals surface area (Å²) in [6.07, 6.45) is 0. The fourth-order valence-electron chi connectivity index (χ4n) is 9.20. The first-order valence-electron chi connectivity index (χ1n) is 20.4. The highest BCUT2D eigenvalue weighted by Gasteiger charge is 2.25. The lowest BCUT2D eigenvalue weighted by Crippen LogP contribution is -2.04. The van der Waals surface area contributed by atoms with Crippen molar-refractivity contribution in [2.45, 2.75) is 0 Å². The minimum Gasteiger partial charge on any atom is -0.456 e. The maximum atomic E-state index is 6.62. The molecule has 0 unspecified atom stereocenters. The molecule has 0 N–H and O–H groups in total. The molecule has 0 aliphatic carbocycles. The van der Waals surface area contributed by atoms with Crippen LogP contribution < -0.4 is 0 Å². The number of thiophene rings is 1. The molecule has 0 bridgehead atoms. The Morgan fingerprint density at radius 3 is 1.90 bits per heavy atom. The number of hydrogen-bond acceptors (Lipinski definition) is 5. The molecule has 0 fully saturated rings. The fourth-order valence-corrected chi connectivity index (χ4v) is 10.3. The average Bonchev–Trinajstić information content (AvgIpc) is 4.00. The Bertz CT molecular complexity index is 3900. The van der Waals surface area contributed by atoms with Crippen molar-refractivity contribution in [3.63, 3.8) is 0 Å². The van der Waals surface area contributed by atoms with Crippen molar-refractivity contribution in [3.8, 4) is 51.0 Å². The number of rotatable bonds is 5. The summed E-state index contributed by atoms with van der Waals surface area (Å²) < 4.78 is 11.5. The molecule has 5 nitrogen and oxygen atoms in total. The monoisotopic (exact) mass is 796 g/mol. The molecule has 0 saturated heterocycles. The van der Waals surface area contributed by atoms with Crippen LogP contribution in [-0.4, -0.2) is 19.5 Å². The maximum Gasteiger partial charge on any atom is 0.166 e. The summed E-state index contributed by atoms with van der Waals surface area (Å²) in [6, 6.07) is 68.5. The Balaban J connectivity index is 1.14. The highest BCUT2D eigenvalue weighted by molar-refractivity contribution is 7.25. The molecule has 4 heterocycles. The van der Waals surface area contributed by atoms with Gasteiger partial charge in [-0.1, -0.05) is 127 Å². The van der Waals surface area contributed by atoms with Crippen molar-refractivity contribution in [1.29, 1.82) is 0 Å². The van der Waals surface area contributed by atoms with E-state index in [2.05, 4.69) is 180 Å². The zero-order valence-corrected chi connectivity index (χ0v) is 33.4. The number of furan rings is 1. The van der Waals surface area contributed by atoms with Crippen molar-refractivity contribution in [3.05, 3.63) is 194 Å². The van der Waals surface area contributed by atoms with Gasteiger partial charge in [0.05, 0.1) is 22.1 Å². The van der Waals surface area contributed by atoms with E-state index in [1.807, 2.05) is 18.2 Å². The van der Waals surface area contributed by atoms with E-state index in [1.165, 1.54) is 41.7 Å². The zero-order chi connectivity index (χ0) is 40.0. The zero-order valence-electron chi connectivity index (χ0n) is 32.6. The molecule has 6 heteroatoms. The van der Waals surface area contributed by atoms with Gasteiger partial charge in [0.1, 0.15) is 11.2 Å². The first-order valence-corrected chi connectivity index (χ1v) is 21.2. The van der Waals surface area contributed by atoms with E-state index >= 15 is 0 Å². The van der Waals surface area contributed by atoms with Gasteiger partial charge in [-0.25, -0.2) is 15.0 Å². The van der Waals surface area contributed by atoms with E-state index < -0.39 is 0 Å². The first kappa shape index (κ1) is 34.0. The third-order valence-corrected chi connectivity index (χ3v) is 13.2. The second-order valence-electron chi connectivity index (χ2n) is 15.6. The van der Waals surface area contributed by atoms with Crippen LogP contribution in [0.2, 0.25) is 0 Å². The summed E-state index contributed by atoms with van der Waals surface area (Å²) in [6.45, 7) is 0. The summed E-state index contributed by atoms with van der Waals surface area (Å²) in [5.41, 5.74) is 9.72. The van der Waals surface area contributed by atoms with Crippen LogP contribution in [0.4, 0.5) is 0 Å². The molecule has 0 aliphatic rings. The van der Waals surface area contributed by atoms with Gasteiger partial charge in [-0.05, 0) is 88.6 Å². The molecule has 0 saturated carbocycles. The summed E-state index contributed by atoms with van der Waals surface area (Å²) in [5, 5.41) is 9.17.